The molecule has 2 amide bonds. The number of hydrogen-bond acceptors (Lipinski definition) is 9. The summed E-state index contributed by atoms with van der Waals surface area (Å²) in [7, 11) is 1.39. The zero-order chi connectivity index (χ0) is 27.7. The van der Waals surface area contributed by atoms with Gasteiger partial charge in [0.05, 0.1) is 28.4 Å². The SMILES string of the molecule is COS(=O)c1cccc(Nc2ncc3ccc4sc(C(=O)N5CCC(NC(=O)OC(C)(C)C)C5)cc4c3n2)c1. The van der Waals surface area contributed by atoms with E-state index in [1.165, 1.54) is 18.4 Å². The fraction of sp³-hybridized carbons (Fsp3) is 0.333. The van der Waals surface area contributed by atoms with Crippen LogP contribution in [0.5, 0.6) is 0 Å². The van der Waals surface area contributed by atoms with E-state index in [4.69, 9.17) is 13.9 Å². The van der Waals surface area contributed by atoms with Gasteiger partial charge in [0.15, 0.2) is 11.1 Å². The highest BCUT2D eigenvalue weighted by molar-refractivity contribution is 7.80. The van der Waals surface area contributed by atoms with Crippen molar-refractivity contribution in [1.29, 1.82) is 0 Å². The second-order valence-electron chi connectivity index (χ2n) is 10.2. The minimum Gasteiger partial charge on any atom is -0.444 e. The molecule has 0 saturated carbocycles. The van der Waals surface area contributed by atoms with Gasteiger partial charge in [0, 0.05) is 40.4 Å². The van der Waals surface area contributed by atoms with Crippen LogP contribution in [-0.2, 0) is 20.0 Å². The lowest BCUT2D eigenvalue weighted by Gasteiger charge is -2.22. The monoisotopic (exact) mass is 567 g/mol. The maximum atomic E-state index is 13.3. The van der Waals surface area contributed by atoms with Crippen molar-refractivity contribution in [3.05, 3.63) is 53.5 Å². The smallest absolute Gasteiger partial charge is 0.407 e. The first-order valence-electron chi connectivity index (χ1n) is 12.4. The summed E-state index contributed by atoms with van der Waals surface area (Å²) in [4.78, 5) is 37.5. The molecule has 204 valence electrons. The van der Waals surface area contributed by atoms with E-state index >= 15 is 0 Å². The first-order valence-corrected chi connectivity index (χ1v) is 14.3. The Balaban J connectivity index is 1.34. The van der Waals surface area contributed by atoms with Crippen molar-refractivity contribution in [2.24, 2.45) is 0 Å². The van der Waals surface area contributed by atoms with E-state index in [1.54, 1.807) is 29.3 Å². The van der Waals surface area contributed by atoms with Crippen LogP contribution < -0.4 is 10.6 Å². The number of benzene rings is 2. The Bertz CT molecular complexity index is 1580. The summed E-state index contributed by atoms with van der Waals surface area (Å²) in [5.41, 5.74) is 0.822. The average Bonchev–Trinajstić information content (AvgIpc) is 3.54. The molecule has 2 aromatic heterocycles. The first kappa shape index (κ1) is 27.0. The van der Waals surface area contributed by atoms with Gasteiger partial charge >= 0.3 is 6.09 Å². The molecular weight excluding hydrogens is 538 g/mol. The summed E-state index contributed by atoms with van der Waals surface area (Å²) in [5.74, 6) is 0.304. The van der Waals surface area contributed by atoms with Crippen molar-refractivity contribution < 1.29 is 22.7 Å². The summed E-state index contributed by atoms with van der Waals surface area (Å²) in [5, 5.41) is 7.74. The van der Waals surface area contributed by atoms with Crippen LogP contribution in [0.25, 0.3) is 21.0 Å². The molecule has 1 aliphatic rings. The van der Waals surface area contributed by atoms with E-state index in [1.807, 2.05) is 45.0 Å². The Morgan fingerprint density at radius 1 is 1.18 bits per heavy atom. The number of rotatable bonds is 6. The summed E-state index contributed by atoms with van der Waals surface area (Å²) >= 11 is -0.139. The molecule has 5 rings (SSSR count). The van der Waals surface area contributed by atoms with Gasteiger partial charge in [-0.3, -0.25) is 8.98 Å². The number of amides is 2. The number of nitrogens with zero attached hydrogens (tertiary/aromatic N) is 3. The van der Waals surface area contributed by atoms with Crippen LogP contribution in [0.1, 0.15) is 36.9 Å². The third-order valence-corrected chi connectivity index (χ3v) is 8.12. The molecule has 2 aromatic carbocycles. The van der Waals surface area contributed by atoms with Gasteiger partial charge in [0.25, 0.3) is 5.91 Å². The number of likely N-dealkylation sites (tertiary alicyclic amines) is 1. The van der Waals surface area contributed by atoms with Gasteiger partial charge in [-0.1, -0.05) is 6.07 Å². The van der Waals surface area contributed by atoms with Crippen molar-refractivity contribution in [2.75, 3.05) is 25.5 Å². The zero-order valence-electron chi connectivity index (χ0n) is 22.0. The topological polar surface area (TPSA) is 123 Å². The maximum Gasteiger partial charge on any atom is 0.407 e. The second kappa shape index (κ2) is 10.9. The number of aromatic nitrogens is 2. The predicted molar refractivity (Wildman–Crippen MR) is 152 cm³/mol. The van der Waals surface area contributed by atoms with Crippen molar-refractivity contribution in [1.82, 2.24) is 20.2 Å². The predicted octanol–water partition coefficient (Wildman–Crippen LogP) is 5.00. The lowest BCUT2D eigenvalue weighted by atomic mass is 10.2. The lowest BCUT2D eigenvalue weighted by molar-refractivity contribution is 0.0502. The molecule has 2 atom stereocenters. The van der Waals surface area contributed by atoms with Crippen LogP contribution in [0.2, 0.25) is 0 Å². The van der Waals surface area contributed by atoms with Gasteiger partial charge in [-0.2, -0.15) is 0 Å². The Hall–Kier alpha value is -3.61. The standard InChI is InChI=1S/C27H29N5O5S2/c1-27(2,3)37-26(34)30-18-10-11-32(15-18)24(33)22-13-20-21(38-22)9-8-16-14-28-25(31-23(16)20)29-17-6-5-7-19(12-17)39(35)36-4/h5-9,12-14,18H,10-11,15H2,1-4H3,(H,30,34)(H,28,29,31). The van der Waals surface area contributed by atoms with E-state index in [2.05, 4.69) is 15.6 Å². The fourth-order valence-corrected chi connectivity index (χ4v) is 6.01. The van der Waals surface area contributed by atoms with Gasteiger partial charge in [-0.05, 0) is 63.6 Å². The van der Waals surface area contributed by atoms with Gasteiger partial charge in [-0.25, -0.2) is 19.0 Å². The molecule has 12 heteroatoms. The number of hydrogen-bond donors (Lipinski definition) is 2. The molecule has 0 spiro atoms. The van der Waals surface area contributed by atoms with E-state index in [9.17, 15) is 13.8 Å². The molecule has 2 unspecified atom stereocenters. The number of anilines is 2. The minimum atomic E-state index is -1.55. The molecular formula is C27H29N5O5S2. The van der Waals surface area contributed by atoms with Gasteiger partial charge in [0.2, 0.25) is 5.95 Å². The minimum absolute atomic E-state index is 0.0757. The van der Waals surface area contributed by atoms with Crippen molar-refractivity contribution in [2.45, 2.75) is 43.7 Å². The normalized spacial score (nSPS) is 16.4. The molecule has 0 radical (unpaired) electrons. The molecule has 0 aliphatic carbocycles. The third-order valence-electron chi connectivity index (χ3n) is 6.09. The van der Waals surface area contributed by atoms with Crippen LogP contribution >= 0.6 is 11.3 Å². The van der Waals surface area contributed by atoms with Crippen molar-refractivity contribution >= 4 is 67.0 Å². The van der Waals surface area contributed by atoms with Crippen LogP contribution in [0.15, 0.2) is 53.6 Å². The Kier molecular flexibility index (Phi) is 7.52. The third kappa shape index (κ3) is 6.18. The molecule has 4 aromatic rings. The number of ether oxygens (including phenoxy) is 1. The molecule has 1 saturated heterocycles. The summed E-state index contributed by atoms with van der Waals surface area (Å²) in [6.07, 6.45) is 1.92. The van der Waals surface area contributed by atoms with Crippen LogP contribution in [0, 0.1) is 0 Å². The number of carbonyl (C=O) groups is 2. The van der Waals surface area contributed by atoms with Crippen LogP contribution in [-0.4, -0.2) is 62.9 Å². The van der Waals surface area contributed by atoms with Crippen LogP contribution in [0.4, 0.5) is 16.4 Å². The quantitative estimate of drug-likeness (QED) is 0.334. The number of thiophene rings is 1. The number of carbonyl (C=O) groups excluding carboxylic acids is 2. The summed E-state index contributed by atoms with van der Waals surface area (Å²) in [6.45, 7) is 6.43. The Morgan fingerprint density at radius 3 is 2.77 bits per heavy atom. The molecule has 2 N–H and O–H groups in total. The fourth-order valence-electron chi connectivity index (χ4n) is 4.37. The van der Waals surface area contributed by atoms with Crippen molar-refractivity contribution in [3.63, 3.8) is 0 Å². The second-order valence-corrected chi connectivity index (χ2v) is 12.5. The van der Waals surface area contributed by atoms with Gasteiger partial charge in [0.1, 0.15) is 5.60 Å². The molecule has 10 nitrogen and oxygen atoms in total. The highest BCUT2D eigenvalue weighted by Gasteiger charge is 2.30. The Morgan fingerprint density at radius 2 is 2.00 bits per heavy atom. The lowest BCUT2D eigenvalue weighted by Crippen LogP contribution is -2.41. The molecule has 39 heavy (non-hydrogen) atoms. The molecule has 0 bridgehead atoms. The molecule has 1 fully saturated rings. The largest absolute Gasteiger partial charge is 0.444 e. The van der Waals surface area contributed by atoms with E-state index in [0.29, 0.717) is 40.9 Å². The van der Waals surface area contributed by atoms with E-state index in [0.717, 1.165) is 21.0 Å². The number of fused-ring (bicyclic) bond motifs is 3. The van der Waals surface area contributed by atoms with E-state index < -0.39 is 22.8 Å². The molecule has 1 aliphatic heterocycles. The number of nitrogens with one attached hydrogen (secondary N) is 2. The van der Waals surface area contributed by atoms with Gasteiger partial charge in [-0.15, -0.1) is 11.3 Å². The highest BCUT2D eigenvalue weighted by Crippen LogP contribution is 2.33. The Labute approximate surface area is 232 Å². The van der Waals surface area contributed by atoms with Gasteiger partial charge < -0.3 is 20.3 Å². The zero-order valence-corrected chi connectivity index (χ0v) is 23.6. The average molecular weight is 568 g/mol. The maximum absolute atomic E-state index is 13.3. The first-order chi connectivity index (χ1) is 18.6. The summed E-state index contributed by atoms with van der Waals surface area (Å²) < 4.78 is 23.2. The molecule has 3 heterocycles. The summed E-state index contributed by atoms with van der Waals surface area (Å²) in [6, 6.07) is 12.7. The highest BCUT2D eigenvalue weighted by atomic mass is 32.2. The van der Waals surface area contributed by atoms with Crippen LogP contribution in [0.3, 0.4) is 0 Å². The van der Waals surface area contributed by atoms with Crippen molar-refractivity contribution in [3.8, 4) is 0 Å². The number of alkyl carbamates (subject to hydrolysis) is 1. The van der Waals surface area contributed by atoms with E-state index in [-0.39, 0.29) is 11.9 Å².